The molecule has 0 aliphatic rings. The Labute approximate surface area is 95.9 Å². The lowest BCUT2D eigenvalue weighted by Crippen LogP contribution is -2.16. The molecule has 0 bridgehead atoms. The maximum Gasteiger partial charge on any atom is 0.140 e. The molecule has 0 amide bonds. The molecule has 1 heterocycles. The molecule has 1 aromatic heterocycles. The van der Waals surface area contributed by atoms with Crippen LogP contribution in [0.2, 0.25) is 0 Å². The Bertz CT molecular complexity index is 358. The number of pyridine rings is 1. The first-order chi connectivity index (χ1) is 7.72. The maximum absolute atomic E-state index is 9.06. The average Bonchev–Trinajstić information content (AvgIpc) is 2.28. The van der Waals surface area contributed by atoms with Gasteiger partial charge in [-0.1, -0.05) is 0 Å². The molecule has 0 aliphatic carbocycles. The summed E-state index contributed by atoms with van der Waals surface area (Å²) < 4.78 is 0. The van der Waals surface area contributed by atoms with Gasteiger partial charge in [-0.2, -0.15) is 5.26 Å². The van der Waals surface area contributed by atoms with Crippen LogP contribution in [0, 0.1) is 11.3 Å². The molecular formula is C12H17N3O. The van der Waals surface area contributed by atoms with Gasteiger partial charge in [0.2, 0.25) is 0 Å². The summed E-state index contributed by atoms with van der Waals surface area (Å²) in [6.45, 7) is 3.40. The van der Waals surface area contributed by atoms with E-state index >= 15 is 0 Å². The van der Waals surface area contributed by atoms with Gasteiger partial charge < -0.3 is 10.4 Å². The zero-order valence-electron chi connectivity index (χ0n) is 9.48. The number of rotatable bonds is 6. The number of nitrogens with zero attached hydrogens (tertiary/aromatic N) is 2. The average molecular weight is 219 g/mol. The lowest BCUT2D eigenvalue weighted by atomic mass is 10.2. The van der Waals surface area contributed by atoms with E-state index in [1.165, 1.54) is 0 Å². The van der Waals surface area contributed by atoms with Crippen LogP contribution in [-0.2, 0) is 6.54 Å². The molecule has 86 valence electrons. The predicted octanol–water partition coefficient (Wildman–Crippen LogP) is 1.20. The molecule has 0 spiro atoms. The van der Waals surface area contributed by atoms with Crippen LogP contribution in [-0.4, -0.2) is 22.7 Å². The number of aliphatic hydroxyl groups excluding tert-OH is 1. The first-order valence-corrected chi connectivity index (χ1v) is 5.46. The molecule has 4 nitrogen and oxygen atoms in total. The molecule has 1 rings (SSSR count). The highest BCUT2D eigenvalue weighted by Crippen LogP contribution is 2.00. The second-order valence-corrected chi connectivity index (χ2v) is 3.83. The lowest BCUT2D eigenvalue weighted by molar-refractivity contribution is 0.181. The van der Waals surface area contributed by atoms with Crippen LogP contribution in [0.4, 0.5) is 0 Å². The second kappa shape index (κ2) is 6.94. The Morgan fingerprint density at radius 1 is 1.62 bits per heavy atom. The quantitative estimate of drug-likeness (QED) is 0.705. The molecule has 1 atom stereocenters. The van der Waals surface area contributed by atoms with Crippen LogP contribution in [0.1, 0.15) is 31.0 Å². The monoisotopic (exact) mass is 219 g/mol. The molecule has 0 aromatic carbocycles. The molecule has 1 aromatic rings. The van der Waals surface area contributed by atoms with Crippen LogP contribution in [0.5, 0.6) is 0 Å². The van der Waals surface area contributed by atoms with Gasteiger partial charge in [0.15, 0.2) is 0 Å². The Morgan fingerprint density at radius 2 is 2.44 bits per heavy atom. The molecule has 2 N–H and O–H groups in total. The van der Waals surface area contributed by atoms with Crippen molar-refractivity contribution in [3.63, 3.8) is 0 Å². The Hall–Kier alpha value is -1.44. The fraction of sp³-hybridized carbons (Fsp3) is 0.500. The summed E-state index contributed by atoms with van der Waals surface area (Å²) >= 11 is 0. The molecule has 0 aliphatic heterocycles. The number of nitriles is 1. The summed E-state index contributed by atoms with van der Waals surface area (Å²) in [5, 5.41) is 21.0. The topological polar surface area (TPSA) is 68.9 Å². The molecular weight excluding hydrogens is 202 g/mol. The molecule has 1 unspecified atom stereocenters. The summed E-state index contributed by atoms with van der Waals surface area (Å²) in [5.74, 6) is 0. The molecule has 0 fully saturated rings. The van der Waals surface area contributed by atoms with E-state index in [-0.39, 0.29) is 6.10 Å². The molecule has 0 radical (unpaired) electrons. The fourth-order valence-electron chi connectivity index (χ4n) is 1.40. The van der Waals surface area contributed by atoms with Crippen molar-refractivity contribution < 1.29 is 5.11 Å². The third-order valence-corrected chi connectivity index (χ3v) is 2.24. The van der Waals surface area contributed by atoms with Gasteiger partial charge in [-0.05, 0) is 44.0 Å². The van der Waals surface area contributed by atoms with Crippen molar-refractivity contribution in [3.05, 3.63) is 29.6 Å². The zero-order valence-corrected chi connectivity index (χ0v) is 9.48. The number of hydrogen-bond acceptors (Lipinski definition) is 4. The van der Waals surface area contributed by atoms with Crippen LogP contribution >= 0.6 is 0 Å². The Kier molecular flexibility index (Phi) is 5.48. The largest absolute Gasteiger partial charge is 0.393 e. The van der Waals surface area contributed by atoms with Gasteiger partial charge >= 0.3 is 0 Å². The van der Waals surface area contributed by atoms with Crippen LogP contribution in [0.3, 0.4) is 0 Å². The second-order valence-electron chi connectivity index (χ2n) is 3.83. The van der Waals surface area contributed by atoms with E-state index in [0.717, 1.165) is 31.5 Å². The lowest BCUT2D eigenvalue weighted by Gasteiger charge is -2.06. The van der Waals surface area contributed by atoms with E-state index < -0.39 is 0 Å². The Morgan fingerprint density at radius 3 is 3.12 bits per heavy atom. The van der Waals surface area contributed by atoms with Gasteiger partial charge in [-0.15, -0.1) is 0 Å². The van der Waals surface area contributed by atoms with Crippen molar-refractivity contribution in [3.8, 4) is 6.07 Å². The first-order valence-electron chi connectivity index (χ1n) is 5.46. The van der Waals surface area contributed by atoms with Gasteiger partial charge in [0.05, 0.1) is 6.10 Å². The fourth-order valence-corrected chi connectivity index (χ4v) is 1.40. The van der Waals surface area contributed by atoms with E-state index in [0.29, 0.717) is 5.69 Å². The van der Waals surface area contributed by atoms with Gasteiger partial charge in [-0.25, -0.2) is 4.98 Å². The van der Waals surface area contributed by atoms with Crippen LogP contribution < -0.4 is 5.32 Å². The van der Waals surface area contributed by atoms with E-state index in [9.17, 15) is 0 Å². The molecule has 4 heteroatoms. The summed E-state index contributed by atoms with van der Waals surface area (Å²) in [6, 6.07) is 5.68. The third-order valence-electron chi connectivity index (χ3n) is 2.24. The smallest absolute Gasteiger partial charge is 0.140 e. The zero-order chi connectivity index (χ0) is 11.8. The van der Waals surface area contributed by atoms with Crippen molar-refractivity contribution >= 4 is 0 Å². The van der Waals surface area contributed by atoms with Gasteiger partial charge in [-0.3, -0.25) is 0 Å². The summed E-state index contributed by atoms with van der Waals surface area (Å²) in [4.78, 5) is 3.90. The standard InChI is InChI=1S/C12H17N3O/c1-10(16)3-2-5-14-9-11-4-6-15-12(7-11)8-13/h4,6-7,10,14,16H,2-3,5,9H2,1H3. The van der Waals surface area contributed by atoms with E-state index in [1.54, 1.807) is 19.2 Å². The summed E-state index contributed by atoms with van der Waals surface area (Å²) in [6.07, 6.45) is 3.18. The number of nitrogens with one attached hydrogen (secondary N) is 1. The number of hydrogen-bond donors (Lipinski definition) is 2. The SMILES string of the molecule is CC(O)CCCNCc1ccnc(C#N)c1. The minimum absolute atomic E-state index is 0.229. The van der Waals surface area contributed by atoms with E-state index in [2.05, 4.69) is 10.3 Å². The maximum atomic E-state index is 9.06. The highest BCUT2D eigenvalue weighted by Gasteiger charge is 1.97. The first kappa shape index (κ1) is 12.6. The predicted molar refractivity (Wildman–Crippen MR) is 61.6 cm³/mol. The van der Waals surface area contributed by atoms with E-state index in [4.69, 9.17) is 10.4 Å². The minimum Gasteiger partial charge on any atom is -0.393 e. The van der Waals surface area contributed by atoms with Crippen molar-refractivity contribution in [1.82, 2.24) is 10.3 Å². The van der Waals surface area contributed by atoms with Crippen molar-refractivity contribution in [2.24, 2.45) is 0 Å². The summed E-state index contributed by atoms with van der Waals surface area (Å²) in [7, 11) is 0. The van der Waals surface area contributed by atoms with Crippen LogP contribution in [0.15, 0.2) is 18.3 Å². The van der Waals surface area contributed by atoms with Crippen molar-refractivity contribution in [2.45, 2.75) is 32.4 Å². The summed E-state index contributed by atoms with van der Waals surface area (Å²) in [5.41, 5.74) is 1.51. The molecule has 0 saturated carbocycles. The van der Waals surface area contributed by atoms with E-state index in [1.807, 2.05) is 12.1 Å². The third kappa shape index (κ3) is 4.87. The normalized spacial score (nSPS) is 12.1. The highest BCUT2D eigenvalue weighted by molar-refractivity contribution is 5.25. The highest BCUT2D eigenvalue weighted by atomic mass is 16.3. The minimum atomic E-state index is -0.229. The Balaban J connectivity index is 2.24. The van der Waals surface area contributed by atoms with Gasteiger partial charge in [0.25, 0.3) is 0 Å². The van der Waals surface area contributed by atoms with Gasteiger partial charge in [0.1, 0.15) is 11.8 Å². The van der Waals surface area contributed by atoms with Crippen molar-refractivity contribution in [1.29, 1.82) is 5.26 Å². The molecule has 0 saturated heterocycles. The molecule has 16 heavy (non-hydrogen) atoms. The van der Waals surface area contributed by atoms with Gasteiger partial charge in [0, 0.05) is 12.7 Å². The van der Waals surface area contributed by atoms with Crippen molar-refractivity contribution in [2.75, 3.05) is 6.54 Å². The van der Waals surface area contributed by atoms with Crippen LogP contribution in [0.25, 0.3) is 0 Å². The number of aromatic nitrogens is 1. The number of aliphatic hydroxyl groups is 1.